The summed E-state index contributed by atoms with van der Waals surface area (Å²) in [7, 11) is 0. The number of H-pyrrole nitrogens is 1. The van der Waals surface area contributed by atoms with Gasteiger partial charge in [0.05, 0.1) is 12.0 Å². The molecule has 0 aliphatic heterocycles. The van der Waals surface area contributed by atoms with Gasteiger partial charge in [-0.1, -0.05) is 11.6 Å². The molecule has 0 saturated heterocycles. The van der Waals surface area contributed by atoms with Crippen LogP contribution in [-0.4, -0.2) is 22.4 Å². The van der Waals surface area contributed by atoms with E-state index in [-0.39, 0.29) is 11.6 Å². The lowest BCUT2D eigenvalue weighted by Crippen LogP contribution is -2.28. The number of nitrogens with zero attached hydrogens (tertiary/aromatic N) is 1. The van der Waals surface area contributed by atoms with E-state index in [4.69, 9.17) is 4.42 Å². The molecule has 2 heterocycles. The third-order valence-electron chi connectivity index (χ3n) is 3.88. The van der Waals surface area contributed by atoms with E-state index in [2.05, 4.69) is 21.4 Å². The summed E-state index contributed by atoms with van der Waals surface area (Å²) in [5.41, 5.74) is 1.36. The van der Waals surface area contributed by atoms with Crippen LogP contribution in [0, 0.1) is 0 Å². The Hall–Kier alpha value is -2.63. The van der Waals surface area contributed by atoms with Crippen LogP contribution in [0.3, 0.4) is 0 Å². The molecule has 0 unspecified atom stereocenters. The summed E-state index contributed by atoms with van der Waals surface area (Å²) in [5, 5.41) is 2.82. The first-order valence-corrected chi connectivity index (χ1v) is 7.84. The number of furan rings is 1. The Labute approximate surface area is 133 Å². The van der Waals surface area contributed by atoms with Crippen LogP contribution < -0.4 is 11.0 Å². The quantitative estimate of drug-likeness (QED) is 0.831. The molecule has 1 aliphatic carbocycles. The normalized spacial score (nSPS) is 14.3. The highest BCUT2D eigenvalue weighted by molar-refractivity contribution is 5.92. The maximum absolute atomic E-state index is 12.2. The van der Waals surface area contributed by atoms with Gasteiger partial charge in [-0.25, -0.2) is 4.79 Å². The Kier molecular flexibility index (Phi) is 4.71. The number of allylic oxidation sites excluding steroid dienone is 1. The molecule has 2 aromatic heterocycles. The van der Waals surface area contributed by atoms with Gasteiger partial charge in [-0.2, -0.15) is 4.98 Å². The molecule has 2 N–H and O–H groups in total. The lowest BCUT2D eigenvalue weighted by Gasteiger charge is -2.12. The monoisotopic (exact) mass is 313 g/mol. The summed E-state index contributed by atoms with van der Waals surface area (Å²) < 4.78 is 5.23. The van der Waals surface area contributed by atoms with Gasteiger partial charge in [-0.05, 0) is 50.3 Å². The number of carbonyl (C=O) groups is 1. The number of hydrogen-bond acceptors (Lipinski definition) is 4. The van der Waals surface area contributed by atoms with Crippen molar-refractivity contribution in [3.8, 4) is 11.5 Å². The molecule has 1 amide bonds. The van der Waals surface area contributed by atoms with E-state index in [9.17, 15) is 9.59 Å². The summed E-state index contributed by atoms with van der Waals surface area (Å²) in [4.78, 5) is 30.1. The molecule has 0 saturated carbocycles. The van der Waals surface area contributed by atoms with Gasteiger partial charge in [0, 0.05) is 6.54 Å². The van der Waals surface area contributed by atoms with E-state index in [1.165, 1.54) is 30.7 Å². The molecule has 0 spiro atoms. The van der Waals surface area contributed by atoms with E-state index < -0.39 is 5.69 Å². The van der Waals surface area contributed by atoms with Crippen molar-refractivity contribution in [2.75, 3.05) is 6.54 Å². The Morgan fingerprint density at radius 3 is 3.04 bits per heavy atom. The lowest BCUT2D eigenvalue weighted by molar-refractivity contribution is 0.0948. The maximum atomic E-state index is 12.2. The first kappa shape index (κ1) is 15.3. The van der Waals surface area contributed by atoms with E-state index in [1.54, 1.807) is 12.1 Å². The van der Waals surface area contributed by atoms with Gasteiger partial charge in [0.2, 0.25) is 0 Å². The van der Waals surface area contributed by atoms with Crippen LogP contribution >= 0.6 is 0 Å². The van der Waals surface area contributed by atoms with Crippen LogP contribution in [0.25, 0.3) is 11.5 Å². The average Bonchev–Trinajstić information content (AvgIpc) is 3.10. The van der Waals surface area contributed by atoms with Crippen LogP contribution in [0.5, 0.6) is 0 Å². The van der Waals surface area contributed by atoms with Gasteiger partial charge in [-0.15, -0.1) is 0 Å². The minimum Gasteiger partial charge on any atom is -0.463 e. The van der Waals surface area contributed by atoms with Crippen molar-refractivity contribution < 1.29 is 9.21 Å². The maximum Gasteiger partial charge on any atom is 0.346 e. The molecule has 1 aliphatic rings. The van der Waals surface area contributed by atoms with Crippen molar-refractivity contribution >= 4 is 5.91 Å². The molecule has 6 heteroatoms. The van der Waals surface area contributed by atoms with Crippen LogP contribution in [0.2, 0.25) is 0 Å². The van der Waals surface area contributed by atoms with Crippen molar-refractivity contribution in [3.05, 3.63) is 52.3 Å². The first-order valence-electron chi connectivity index (χ1n) is 7.84. The van der Waals surface area contributed by atoms with Crippen molar-refractivity contribution in [1.29, 1.82) is 0 Å². The number of carbonyl (C=O) groups excluding carboxylic acids is 1. The molecule has 0 atom stereocenters. The fraction of sp³-hybridized carbons (Fsp3) is 0.353. The fourth-order valence-corrected chi connectivity index (χ4v) is 2.70. The van der Waals surface area contributed by atoms with E-state index in [1.807, 2.05) is 0 Å². The summed E-state index contributed by atoms with van der Waals surface area (Å²) in [6.07, 6.45) is 9.33. The predicted molar refractivity (Wildman–Crippen MR) is 86.1 cm³/mol. The molecular weight excluding hydrogens is 294 g/mol. The SMILES string of the molecule is O=C(NCCC1=CCCCC1)c1cc(-c2ccco2)[nH]c(=O)n1. The van der Waals surface area contributed by atoms with Crippen LogP contribution in [0.4, 0.5) is 0 Å². The molecule has 120 valence electrons. The van der Waals surface area contributed by atoms with E-state index >= 15 is 0 Å². The summed E-state index contributed by atoms with van der Waals surface area (Å²) in [6, 6.07) is 4.95. The van der Waals surface area contributed by atoms with Crippen molar-refractivity contribution in [2.45, 2.75) is 32.1 Å². The number of rotatable bonds is 5. The Balaban J connectivity index is 1.65. The van der Waals surface area contributed by atoms with Crippen molar-refractivity contribution in [3.63, 3.8) is 0 Å². The van der Waals surface area contributed by atoms with Crippen molar-refractivity contribution in [2.24, 2.45) is 0 Å². The zero-order chi connectivity index (χ0) is 16.1. The highest BCUT2D eigenvalue weighted by Crippen LogP contribution is 2.19. The second-order valence-corrected chi connectivity index (χ2v) is 5.58. The second kappa shape index (κ2) is 7.09. The zero-order valence-electron chi connectivity index (χ0n) is 12.8. The van der Waals surface area contributed by atoms with Crippen LogP contribution in [0.15, 0.2) is 45.3 Å². The van der Waals surface area contributed by atoms with Crippen LogP contribution in [0.1, 0.15) is 42.6 Å². The standard InChI is InChI=1S/C17H19N3O3/c21-16(18-9-8-12-5-2-1-3-6-12)14-11-13(19-17(22)20-14)15-7-4-10-23-15/h4-5,7,10-11H,1-3,6,8-9H2,(H,18,21)(H,19,20,22). The Morgan fingerprint density at radius 2 is 2.30 bits per heavy atom. The van der Waals surface area contributed by atoms with Gasteiger partial charge >= 0.3 is 5.69 Å². The zero-order valence-corrected chi connectivity index (χ0v) is 12.8. The number of hydrogen-bond donors (Lipinski definition) is 2. The van der Waals surface area contributed by atoms with Crippen LogP contribution in [-0.2, 0) is 0 Å². The molecule has 0 radical (unpaired) electrons. The second-order valence-electron chi connectivity index (χ2n) is 5.58. The number of aromatic amines is 1. The number of amides is 1. The molecular formula is C17H19N3O3. The Morgan fingerprint density at radius 1 is 1.39 bits per heavy atom. The van der Waals surface area contributed by atoms with Gasteiger partial charge in [0.1, 0.15) is 11.5 Å². The summed E-state index contributed by atoms with van der Waals surface area (Å²) in [6.45, 7) is 0.551. The molecule has 2 aromatic rings. The highest BCUT2D eigenvalue weighted by atomic mass is 16.3. The summed E-state index contributed by atoms with van der Waals surface area (Å²) >= 11 is 0. The lowest BCUT2D eigenvalue weighted by atomic mass is 9.97. The number of aromatic nitrogens is 2. The smallest absolute Gasteiger partial charge is 0.346 e. The highest BCUT2D eigenvalue weighted by Gasteiger charge is 2.12. The molecule has 0 fully saturated rings. The van der Waals surface area contributed by atoms with Crippen molar-refractivity contribution in [1.82, 2.24) is 15.3 Å². The largest absolute Gasteiger partial charge is 0.463 e. The van der Waals surface area contributed by atoms with Gasteiger partial charge in [0.25, 0.3) is 5.91 Å². The molecule has 6 nitrogen and oxygen atoms in total. The molecule has 23 heavy (non-hydrogen) atoms. The van der Waals surface area contributed by atoms with E-state index in [0.717, 1.165) is 19.3 Å². The predicted octanol–water partition coefficient (Wildman–Crippen LogP) is 2.65. The van der Waals surface area contributed by atoms with Gasteiger partial charge in [-0.3, -0.25) is 4.79 Å². The minimum atomic E-state index is -0.570. The molecule has 0 aromatic carbocycles. The fourth-order valence-electron chi connectivity index (χ4n) is 2.70. The number of nitrogens with one attached hydrogen (secondary N) is 2. The van der Waals surface area contributed by atoms with Gasteiger partial charge in [0.15, 0.2) is 0 Å². The Bertz CT molecular complexity index is 760. The molecule has 0 bridgehead atoms. The van der Waals surface area contributed by atoms with E-state index in [0.29, 0.717) is 18.0 Å². The first-order chi connectivity index (χ1) is 11.2. The van der Waals surface area contributed by atoms with Gasteiger partial charge < -0.3 is 14.7 Å². The average molecular weight is 313 g/mol. The minimum absolute atomic E-state index is 0.0952. The third-order valence-corrected chi connectivity index (χ3v) is 3.88. The topological polar surface area (TPSA) is 88.0 Å². The third kappa shape index (κ3) is 3.97. The molecule has 3 rings (SSSR count). The summed E-state index contributed by atoms with van der Waals surface area (Å²) in [5.74, 6) is 0.145.